The molecule has 0 radical (unpaired) electrons. The number of aromatic hydroxyl groups is 1. The molecule has 0 bridgehead atoms. The molecule has 1 heterocycles. The number of phenols is 1. The number of ether oxygens (including phenoxy) is 1. The van der Waals surface area contributed by atoms with Crippen molar-refractivity contribution in [3.63, 3.8) is 0 Å². The molecule has 3 heteroatoms. The molecule has 2 unspecified atom stereocenters. The zero-order chi connectivity index (χ0) is 15.9. The smallest absolute Gasteiger partial charge is 0.127 e. The predicted molar refractivity (Wildman–Crippen MR) is 91.1 cm³/mol. The zero-order valence-electron chi connectivity index (χ0n) is 13.7. The van der Waals surface area contributed by atoms with E-state index < -0.39 is 0 Å². The van der Waals surface area contributed by atoms with Gasteiger partial charge in [0, 0.05) is 23.3 Å². The van der Waals surface area contributed by atoms with Crippen molar-refractivity contribution in [1.29, 1.82) is 0 Å². The molecule has 0 aromatic heterocycles. The standard InChI is InChI=1S/C19H25ClO2/c1-12-6-7-15-14(9-12)18-16(21)10-13(5-4-8-20)11-17(18)22-19(15,2)3/h9-11,14-15,21H,4-8H2,1-3H3. The van der Waals surface area contributed by atoms with Gasteiger partial charge in [-0.15, -0.1) is 11.6 Å². The van der Waals surface area contributed by atoms with Crippen molar-refractivity contribution in [1.82, 2.24) is 0 Å². The molecule has 0 saturated heterocycles. The van der Waals surface area contributed by atoms with Gasteiger partial charge in [-0.05, 0) is 64.2 Å². The molecule has 1 aromatic carbocycles. The van der Waals surface area contributed by atoms with Gasteiger partial charge in [-0.1, -0.05) is 11.6 Å². The third-order valence-electron chi connectivity index (χ3n) is 5.13. The lowest BCUT2D eigenvalue weighted by Gasteiger charge is -2.46. The highest BCUT2D eigenvalue weighted by atomic mass is 35.5. The molecule has 22 heavy (non-hydrogen) atoms. The van der Waals surface area contributed by atoms with Crippen LogP contribution in [0.5, 0.6) is 11.5 Å². The number of phenolic OH excluding ortho intramolecular Hbond substituents is 1. The van der Waals surface area contributed by atoms with Crippen molar-refractivity contribution < 1.29 is 9.84 Å². The summed E-state index contributed by atoms with van der Waals surface area (Å²) in [6, 6.07) is 3.99. The Bertz CT molecular complexity index is 604. The van der Waals surface area contributed by atoms with Crippen LogP contribution < -0.4 is 4.74 Å². The minimum Gasteiger partial charge on any atom is -0.507 e. The lowest BCUT2D eigenvalue weighted by atomic mass is 9.68. The van der Waals surface area contributed by atoms with Gasteiger partial charge >= 0.3 is 0 Å². The second kappa shape index (κ2) is 5.81. The molecule has 1 aliphatic carbocycles. The highest BCUT2D eigenvalue weighted by molar-refractivity contribution is 6.17. The summed E-state index contributed by atoms with van der Waals surface area (Å²) in [5.74, 6) is 2.54. The summed E-state index contributed by atoms with van der Waals surface area (Å²) < 4.78 is 6.30. The van der Waals surface area contributed by atoms with Crippen LogP contribution in [0, 0.1) is 5.92 Å². The molecule has 0 spiro atoms. The largest absolute Gasteiger partial charge is 0.507 e. The maximum Gasteiger partial charge on any atom is 0.127 e. The SMILES string of the molecule is CC1=CC2c3c(O)cc(CCCCl)cc3OC(C)(C)C2CC1. The van der Waals surface area contributed by atoms with E-state index in [0.717, 1.165) is 42.6 Å². The van der Waals surface area contributed by atoms with E-state index in [-0.39, 0.29) is 11.5 Å². The summed E-state index contributed by atoms with van der Waals surface area (Å²) in [5.41, 5.74) is 3.28. The number of hydrogen-bond donors (Lipinski definition) is 1. The fourth-order valence-electron chi connectivity index (χ4n) is 3.99. The van der Waals surface area contributed by atoms with Crippen LogP contribution >= 0.6 is 11.6 Å². The number of allylic oxidation sites excluding steroid dienone is 2. The van der Waals surface area contributed by atoms with E-state index in [4.69, 9.17) is 16.3 Å². The average molecular weight is 321 g/mol. The van der Waals surface area contributed by atoms with Gasteiger partial charge in [0.05, 0.1) is 0 Å². The van der Waals surface area contributed by atoms with Crippen molar-refractivity contribution >= 4 is 11.6 Å². The van der Waals surface area contributed by atoms with Gasteiger partial charge < -0.3 is 9.84 Å². The van der Waals surface area contributed by atoms with Crippen LogP contribution in [-0.4, -0.2) is 16.6 Å². The van der Waals surface area contributed by atoms with Gasteiger partial charge in [-0.25, -0.2) is 0 Å². The minimum atomic E-state index is -0.202. The van der Waals surface area contributed by atoms with E-state index in [0.29, 0.717) is 17.5 Å². The molecule has 2 atom stereocenters. The number of aryl methyl sites for hydroxylation is 1. The quantitative estimate of drug-likeness (QED) is 0.614. The Morgan fingerprint density at radius 1 is 1.36 bits per heavy atom. The van der Waals surface area contributed by atoms with E-state index in [1.165, 1.54) is 5.57 Å². The molecule has 1 N–H and O–H groups in total. The maximum absolute atomic E-state index is 10.6. The van der Waals surface area contributed by atoms with Gasteiger partial charge in [-0.2, -0.15) is 0 Å². The molecular formula is C19H25ClO2. The Kier molecular flexibility index (Phi) is 4.15. The van der Waals surface area contributed by atoms with Gasteiger partial charge in [0.25, 0.3) is 0 Å². The molecule has 1 aromatic rings. The molecule has 3 rings (SSSR count). The monoisotopic (exact) mass is 320 g/mol. The Labute approximate surface area is 138 Å². The molecular weight excluding hydrogens is 296 g/mol. The van der Waals surface area contributed by atoms with Crippen LogP contribution in [0.1, 0.15) is 57.1 Å². The normalized spacial score (nSPS) is 25.7. The highest BCUT2D eigenvalue weighted by Crippen LogP contribution is 2.53. The summed E-state index contributed by atoms with van der Waals surface area (Å²) in [4.78, 5) is 0. The fourth-order valence-corrected chi connectivity index (χ4v) is 4.13. The first kappa shape index (κ1) is 15.7. The maximum atomic E-state index is 10.6. The third kappa shape index (κ3) is 2.74. The number of fused-ring (bicyclic) bond motifs is 3. The number of benzene rings is 1. The third-order valence-corrected chi connectivity index (χ3v) is 5.39. The summed E-state index contributed by atoms with van der Waals surface area (Å²) in [6.45, 7) is 6.53. The van der Waals surface area contributed by atoms with Crippen LogP contribution in [0.2, 0.25) is 0 Å². The molecule has 0 amide bonds. The Morgan fingerprint density at radius 3 is 2.86 bits per heavy atom. The highest BCUT2D eigenvalue weighted by Gasteiger charge is 2.45. The zero-order valence-corrected chi connectivity index (χ0v) is 14.4. The van der Waals surface area contributed by atoms with Crippen LogP contribution in [0.4, 0.5) is 0 Å². The van der Waals surface area contributed by atoms with Crippen LogP contribution in [0.15, 0.2) is 23.8 Å². The Hall–Kier alpha value is -1.15. The molecule has 120 valence electrons. The van der Waals surface area contributed by atoms with Gasteiger partial charge in [-0.3, -0.25) is 0 Å². The van der Waals surface area contributed by atoms with Crippen molar-refractivity contribution in [2.75, 3.05) is 5.88 Å². The first-order valence-electron chi connectivity index (χ1n) is 8.20. The van der Waals surface area contributed by atoms with Crippen LogP contribution in [0.25, 0.3) is 0 Å². The summed E-state index contributed by atoms with van der Waals surface area (Å²) in [5, 5.41) is 10.6. The Morgan fingerprint density at radius 2 is 2.14 bits per heavy atom. The van der Waals surface area contributed by atoms with E-state index in [1.54, 1.807) is 0 Å². The number of hydrogen-bond acceptors (Lipinski definition) is 2. The summed E-state index contributed by atoms with van der Waals surface area (Å²) >= 11 is 5.79. The van der Waals surface area contributed by atoms with Gasteiger partial charge in [0.15, 0.2) is 0 Å². The number of halogens is 1. The first-order chi connectivity index (χ1) is 10.4. The van der Waals surface area contributed by atoms with Crippen LogP contribution in [0.3, 0.4) is 0 Å². The molecule has 0 saturated carbocycles. The fraction of sp³-hybridized carbons (Fsp3) is 0.579. The van der Waals surface area contributed by atoms with Gasteiger partial charge in [0.2, 0.25) is 0 Å². The minimum absolute atomic E-state index is 0.202. The van der Waals surface area contributed by atoms with Crippen molar-refractivity contribution in [3.8, 4) is 11.5 Å². The topological polar surface area (TPSA) is 29.5 Å². The number of alkyl halides is 1. The second-order valence-electron chi connectivity index (χ2n) is 7.21. The predicted octanol–water partition coefficient (Wildman–Crippen LogP) is 5.17. The second-order valence-corrected chi connectivity index (χ2v) is 7.59. The lowest BCUT2D eigenvalue weighted by molar-refractivity contribution is 0.0107. The molecule has 2 aliphatic rings. The van der Waals surface area contributed by atoms with E-state index in [9.17, 15) is 5.11 Å². The van der Waals surface area contributed by atoms with Crippen molar-refractivity contribution in [2.24, 2.45) is 5.92 Å². The van der Waals surface area contributed by atoms with E-state index in [2.05, 4.69) is 32.9 Å². The lowest BCUT2D eigenvalue weighted by Crippen LogP contribution is -2.45. The van der Waals surface area contributed by atoms with E-state index in [1.807, 2.05) is 6.07 Å². The molecule has 1 aliphatic heterocycles. The summed E-state index contributed by atoms with van der Waals surface area (Å²) in [6.07, 6.45) is 6.35. The van der Waals surface area contributed by atoms with Gasteiger partial charge in [0.1, 0.15) is 17.1 Å². The average Bonchev–Trinajstić information content (AvgIpc) is 2.43. The number of rotatable bonds is 3. The Balaban J connectivity index is 2.06. The molecule has 2 nitrogen and oxygen atoms in total. The molecule has 0 fully saturated rings. The first-order valence-corrected chi connectivity index (χ1v) is 8.74. The van der Waals surface area contributed by atoms with Crippen molar-refractivity contribution in [3.05, 3.63) is 34.9 Å². The van der Waals surface area contributed by atoms with Crippen molar-refractivity contribution in [2.45, 2.75) is 58.0 Å². The van der Waals surface area contributed by atoms with E-state index >= 15 is 0 Å². The summed E-state index contributed by atoms with van der Waals surface area (Å²) in [7, 11) is 0. The van der Waals surface area contributed by atoms with Crippen LogP contribution in [-0.2, 0) is 6.42 Å².